The highest BCUT2D eigenvalue weighted by atomic mass is 19.1. The van der Waals surface area contributed by atoms with Crippen LogP contribution in [0.1, 0.15) is 29.5 Å². The van der Waals surface area contributed by atoms with Crippen LogP contribution in [0.25, 0.3) is 0 Å². The first-order chi connectivity index (χ1) is 10.5. The summed E-state index contributed by atoms with van der Waals surface area (Å²) in [6.45, 7) is 2.02. The molecule has 0 heterocycles. The lowest BCUT2D eigenvalue weighted by Gasteiger charge is -2.15. The third-order valence-electron chi connectivity index (χ3n) is 3.71. The lowest BCUT2D eigenvalue weighted by Crippen LogP contribution is -2.15. The van der Waals surface area contributed by atoms with Crippen LogP contribution in [-0.2, 0) is 17.6 Å². The highest BCUT2D eigenvalue weighted by molar-refractivity contribution is 5.76. The zero-order chi connectivity index (χ0) is 16.1. The number of methoxy groups -OCH3 is 1. The Hall–Kier alpha value is -2.36. The lowest BCUT2D eigenvalue weighted by atomic mass is 9.91. The van der Waals surface area contributed by atoms with Crippen molar-refractivity contribution in [2.24, 2.45) is 0 Å². The molecule has 2 aromatic carbocycles. The molecule has 2 aromatic rings. The number of carboxylic acid groups (broad SMARTS) is 1. The minimum atomic E-state index is -0.959. The number of aryl methyl sites for hydroxylation is 1. The van der Waals surface area contributed by atoms with Crippen LogP contribution in [0.4, 0.5) is 4.39 Å². The Balaban J connectivity index is 2.31. The van der Waals surface area contributed by atoms with Crippen molar-refractivity contribution in [3.05, 3.63) is 65.0 Å². The summed E-state index contributed by atoms with van der Waals surface area (Å²) in [6.07, 6.45) is 1.12. The minimum Gasteiger partial charge on any atom is -0.496 e. The van der Waals surface area contributed by atoms with Crippen LogP contribution in [0, 0.1) is 5.82 Å². The second-order valence-electron chi connectivity index (χ2n) is 5.15. The molecule has 1 atom stereocenters. The lowest BCUT2D eigenvalue weighted by molar-refractivity contribution is -0.138. The fraction of sp³-hybridized carbons (Fsp3) is 0.278. The molecule has 4 heteroatoms. The van der Waals surface area contributed by atoms with Crippen LogP contribution < -0.4 is 4.74 Å². The van der Waals surface area contributed by atoms with Gasteiger partial charge in [-0.1, -0.05) is 31.2 Å². The third kappa shape index (κ3) is 3.64. The summed E-state index contributed by atoms with van der Waals surface area (Å²) >= 11 is 0. The van der Waals surface area contributed by atoms with Crippen LogP contribution in [0.2, 0.25) is 0 Å². The van der Waals surface area contributed by atoms with Gasteiger partial charge in [0.1, 0.15) is 11.6 Å². The van der Waals surface area contributed by atoms with Gasteiger partial charge in [-0.25, -0.2) is 4.39 Å². The zero-order valence-electron chi connectivity index (χ0n) is 12.7. The maximum atomic E-state index is 13.3. The molecule has 0 spiro atoms. The average molecular weight is 302 g/mol. The van der Waals surface area contributed by atoms with E-state index in [-0.39, 0.29) is 0 Å². The maximum absolute atomic E-state index is 13.3. The van der Waals surface area contributed by atoms with E-state index in [1.165, 1.54) is 18.2 Å². The van der Waals surface area contributed by atoms with Crippen molar-refractivity contribution in [1.82, 2.24) is 0 Å². The van der Waals surface area contributed by atoms with E-state index in [9.17, 15) is 14.3 Å². The molecule has 0 aliphatic carbocycles. The highest BCUT2D eigenvalue weighted by Gasteiger charge is 2.21. The number of ether oxygens (including phenoxy) is 1. The largest absolute Gasteiger partial charge is 0.496 e. The first kappa shape index (κ1) is 16.0. The molecule has 0 amide bonds. The Morgan fingerprint density at radius 1 is 1.27 bits per heavy atom. The van der Waals surface area contributed by atoms with Gasteiger partial charge in [-0.15, -0.1) is 0 Å². The van der Waals surface area contributed by atoms with Crippen molar-refractivity contribution in [2.75, 3.05) is 7.11 Å². The Bertz CT molecular complexity index is 667. The maximum Gasteiger partial charge on any atom is 0.311 e. The van der Waals surface area contributed by atoms with Crippen molar-refractivity contribution < 1.29 is 19.0 Å². The fourth-order valence-electron chi connectivity index (χ4n) is 2.54. The molecule has 0 aromatic heterocycles. The van der Waals surface area contributed by atoms with Crippen molar-refractivity contribution in [1.29, 1.82) is 0 Å². The van der Waals surface area contributed by atoms with Crippen molar-refractivity contribution in [3.63, 3.8) is 0 Å². The standard InChI is InChI=1S/C18H19FO3/c1-3-13-9-12(7-8-17(13)22-2)10-16(18(20)21)14-5-4-6-15(19)11-14/h4-9,11,16H,3,10H2,1-2H3,(H,20,21). The van der Waals surface area contributed by atoms with Crippen molar-refractivity contribution >= 4 is 5.97 Å². The summed E-state index contributed by atoms with van der Waals surface area (Å²) in [5, 5.41) is 9.46. The summed E-state index contributed by atoms with van der Waals surface area (Å²) in [5.74, 6) is -1.36. The predicted octanol–water partition coefficient (Wildman–Crippen LogP) is 3.81. The number of halogens is 1. The van der Waals surface area contributed by atoms with Crippen molar-refractivity contribution in [2.45, 2.75) is 25.7 Å². The summed E-state index contributed by atoms with van der Waals surface area (Å²) < 4.78 is 18.6. The van der Waals surface area contributed by atoms with Gasteiger partial charge in [0, 0.05) is 0 Å². The molecule has 0 aliphatic heterocycles. The quantitative estimate of drug-likeness (QED) is 0.882. The molecule has 2 rings (SSSR count). The third-order valence-corrected chi connectivity index (χ3v) is 3.71. The molecule has 0 fully saturated rings. The normalized spacial score (nSPS) is 12.0. The van der Waals surface area contributed by atoms with Gasteiger partial charge < -0.3 is 9.84 Å². The van der Waals surface area contributed by atoms with Crippen LogP contribution >= 0.6 is 0 Å². The summed E-state index contributed by atoms with van der Waals surface area (Å²) in [5.41, 5.74) is 2.40. The Kier molecular flexibility index (Phi) is 5.15. The number of hydrogen-bond acceptors (Lipinski definition) is 2. The van der Waals surface area contributed by atoms with E-state index in [2.05, 4.69) is 0 Å². The molecular formula is C18H19FO3. The molecule has 116 valence electrons. The average Bonchev–Trinajstić information content (AvgIpc) is 2.52. The molecule has 0 saturated carbocycles. The van der Waals surface area contributed by atoms with Gasteiger partial charge in [0.05, 0.1) is 13.0 Å². The predicted molar refractivity (Wildman–Crippen MR) is 82.9 cm³/mol. The van der Waals surface area contributed by atoms with Crippen molar-refractivity contribution in [3.8, 4) is 5.75 Å². The molecule has 1 N–H and O–H groups in total. The molecular weight excluding hydrogens is 283 g/mol. The van der Waals surface area contributed by atoms with Gasteiger partial charge in [0.25, 0.3) is 0 Å². The molecule has 22 heavy (non-hydrogen) atoms. The van der Waals surface area contributed by atoms with E-state index >= 15 is 0 Å². The van der Waals surface area contributed by atoms with E-state index in [4.69, 9.17) is 4.74 Å². The molecule has 0 radical (unpaired) electrons. The fourth-order valence-corrected chi connectivity index (χ4v) is 2.54. The van der Waals surface area contributed by atoms with E-state index in [0.29, 0.717) is 12.0 Å². The first-order valence-corrected chi connectivity index (χ1v) is 7.19. The second kappa shape index (κ2) is 7.07. The highest BCUT2D eigenvalue weighted by Crippen LogP contribution is 2.26. The van der Waals surface area contributed by atoms with E-state index < -0.39 is 17.7 Å². The smallest absolute Gasteiger partial charge is 0.311 e. The Labute approximate surface area is 129 Å². The van der Waals surface area contributed by atoms with Gasteiger partial charge >= 0.3 is 5.97 Å². The van der Waals surface area contributed by atoms with E-state index in [0.717, 1.165) is 23.3 Å². The molecule has 0 bridgehead atoms. The number of carbonyl (C=O) groups is 1. The number of benzene rings is 2. The van der Waals surface area contributed by atoms with Crippen LogP contribution in [0.5, 0.6) is 5.75 Å². The first-order valence-electron chi connectivity index (χ1n) is 7.19. The Morgan fingerprint density at radius 2 is 2.05 bits per heavy atom. The van der Waals surface area contributed by atoms with E-state index in [1.807, 2.05) is 25.1 Å². The van der Waals surface area contributed by atoms with E-state index in [1.54, 1.807) is 13.2 Å². The van der Waals surface area contributed by atoms with Crippen LogP contribution in [0.15, 0.2) is 42.5 Å². The molecule has 0 saturated heterocycles. The number of rotatable bonds is 6. The monoisotopic (exact) mass is 302 g/mol. The summed E-state index contributed by atoms with van der Waals surface area (Å²) in [7, 11) is 1.61. The number of carboxylic acids is 1. The number of aliphatic carboxylic acids is 1. The van der Waals surface area contributed by atoms with Gasteiger partial charge in [0.15, 0.2) is 0 Å². The van der Waals surface area contributed by atoms with Crippen LogP contribution in [0.3, 0.4) is 0 Å². The van der Waals surface area contributed by atoms with Gasteiger partial charge in [0.2, 0.25) is 0 Å². The second-order valence-corrected chi connectivity index (χ2v) is 5.15. The topological polar surface area (TPSA) is 46.5 Å². The molecule has 1 unspecified atom stereocenters. The van der Waals surface area contributed by atoms with Crippen LogP contribution in [-0.4, -0.2) is 18.2 Å². The summed E-state index contributed by atoms with van der Waals surface area (Å²) in [4.78, 5) is 11.5. The number of hydrogen-bond donors (Lipinski definition) is 1. The summed E-state index contributed by atoms with van der Waals surface area (Å²) in [6, 6.07) is 11.4. The minimum absolute atomic E-state index is 0.315. The van der Waals surface area contributed by atoms with Gasteiger partial charge in [-0.05, 0) is 47.7 Å². The molecule has 3 nitrogen and oxygen atoms in total. The Morgan fingerprint density at radius 3 is 2.64 bits per heavy atom. The van der Waals surface area contributed by atoms with Gasteiger partial charge in [-0.2, -0.15) is 0 Å². The molecule has 0 aliphatic rings. The van der Waals surface area contributed by atoms with Gasteiger partial charge in [-0.3, -0.25) is 4.79 Å². The SMILES string of the molecule is CCc1cc(CC(C(=O)O)c2cccc(F)c2)ccc1OC. The zero-order valence-corrected chi connectivity index (χ0v) is 12.7.